The second kappa shape index (κ2) is 6.57. The molecule has 0 saturated carbocycles. The zero-order valence-electron chi connectivity index (χ0n) is 11.4. The first-order valence-corrected chi connectivity index (χ1v) is 6.22. The maximum Gasteiger partial charge on any atom is 0.124 e. The minimum absolute atomic E-state index is 0.328. The van der Waals surface area contributed by atoms with Gasteiger partial charge in [-0.15, -0.1) is 0 Å². The highest BCUT2D eigenvalue weighted by Crippen LogP contribution is 2.19. The maximum absolute atomic E-state index is 9.66. The van der Waals surface area contributed by atoms with Crippen molar-refractivity contribution in [1.82, 2.24) is 5.32 Å². The summed E-state index contributed by atoms with van der Waals surface area (Å²) >= 11 is 0. The van der Waals surface area contributed by atoms with Gasteiger partial charge in [0.25, 0.3) is 0 Å². The molecule has 0 fully saturated rings. The average molecular weight is 249 g/mol. The van der Waals surface area contributed by atoms with Gasteiger partial charge in [0, 0.05) is 17.6 Å². The first-order valence-electron chi connectivity index (χ1n) is 6.22. The molecule has 0 amide bonds. The number of nitrogens with one attached hydrogen (secondary N) is 1. The summed E-state index contributed by atoms with van der Waals surface area (Å²) < 4.78 is 5.59. The van der Waals surface area contributed by atoms with E-state index in [-0.39, 0.29) is 5.54 Å². The van der Waals surface area contributed by atoms with Crippen LogP contribution in [0.3, 0.4) is 0 Å². The number of para-hydroxylation sites is 1. The molecule has 0 aliphatic rings. The molecule has 0 aliphatic heterocycles. The van der Waals surface area contributed by atoms with Crippen molar-refractivity contribution in [1.29, 1.82) is 0 Å². The van der Waals surface area contributed by atoms with E-state index in [1.165, 1.54) is 0 Å². The highest BCUT2D eigenvalue weighted by Gasteiger charge is 2.23. The van der Waals surface area contributed by atoms with E-state index in [4.69, 9.17) is 4.74 Å². The Morgan fingerprint density at radius 2 is 2.11 bits per heavy atom. The van der Waals surface area contributed by atoms with Crippen LogP contribution in [0.15, 0.2) is 36.9 Å². The van der Waals surface area contributed by atoms with E-state index in [0.29, 0.717) is 13.2 Å². The lowest BCUT2D eigenvalue weighted by Crippen LogP contribution is -2.47. The predicted octanol–water partition coefficient (Wildman–Crippen LogP) is 2.50. The van der Waals surface area contributed by atoms with Crippen LogP contribution in [0.4, 0.5) is 0 Å². The van der Waals surface area contributed by atoms with Crippen LogP contribution < -0.4 is 10.1 Å². The summed E-state index contributed by atoms with van der Waals surface area (Å²) in [5, 5.41) is 13.0. The SMILES string of the molecule is C=CCOc1ccccc1CNC(C)(C)C(C)O. The van der Waals surface area contributed by atoms with Crippen molar-refractivity contribution in [3.8, 4) is 5.75 Å². The van der Waals surface area contributed by atoms with Gasteiger partial charge < -0.3 is 15.2 Å². The standard InChI is InChI=1S/C15H23NO2/c1-5-10-18-14-9-7-6-8-13(14)11-16-15(3,4)12(2)17/h5-9,12,16-17H,1,10-11H2,2-4H3. The van der Waals surface area contributed by atoms with Crippen LogP contribution in [0.1, 0.15) is 26.3 Å². The fourth-order valence-electron chi connectivity index (χ4n) is 1.41. The van der Waals surface area contributed by atoms with E-state index in [1.54, 1.807) is 13.0 Å². The minimum Gasteiger partial charge on any atom is -0.489 e. The molecule has 100 valence electrons. The number of ether oxygens (including phenoxy) is 1. The highest BCUT2D eigenvalue weighted by molar-refractivity contribution is 5.33. The lowest BCUT2D eigenvalue weighted by molar-refractivity contribution is 0.0954. The van der Waals surface area contributed by atoms with Crippen LogP contribution in [-0.4, -0.2) is 23.4 Å². The second-order valence-electron chi connectivity index (χ2n) is 4.96. The van der Waals surface area contributed by atoms with Crippen molar-refractivity contribution >= 4 is 0 Å². The molecule has 1 unspecified atom stereocenters. The zero-order valence-corrected chi connectivity index (χ0v) is 11.4. The number of hydrogen-bond acceptors (Lipinski definition) is 3. The van der Waals surface area contributed by atoms with Gasteiger partial charge in [-0.1, -0.05) is 30.9 Å². The smallest absolute Gasteiger partial charge is 0.124 e. The monoisotopic (exact) mass is 249 g/mol. The summed E-state index contributed by atoms with van der Waals surface area (Å²) in [4.78, 5) is 0. The molecule has 3 heteroatoms. The first kappa shape index (κ1) is 14.7. The fraction of sp³-hybridized carbons (Fsp3) is 0.467. The van der Waals surface area contributed by atoms with E-state index in [0.717, 1.165) is 11.3 Å². The molecule has 0 aliphatic carbocycles. The zero-order chi connectivity index (χ0) is 13.6. The molecule has 1 atom stereocenters. The molecule has 2 N–H and O–H groups in total. The summed E-state index contributed by atoms with van der Waals surface area (Å²) in [5.74, 6) is 0.853. The van der Waals surface area contributed by atoms with Gasteiger partial charge >= 0.3 is 0 Å². The van der Waals surface area contributed by atoms with E-state index in [2.05, 4.69) is 11.9 Å². The number of aliphatic hydroxyl groups excluding tert-OH is 1. The van der Waals surface area contributed by atoms with Gasteiger partial charge in [-0.2, -0.15) is 0 Å². The van der Waals surface area contributed by atoms with Crippen molar-refractivity contribution < 1.29 is 9.84 Å². The molecule has 0 heterocycles. The van der Waals surface area contributed by atoms with Crippen LogP contribution in [0.2, 0.25) is 0 Å². The summed E-state index contributed by atoms with van der Waals surface area (Å²) in [7, 11) is 0. The molecule has 3 nitrogen and oxygen atoms in total. The Balaban J connectivity index is 2.69. The Morgan fingerprint density at radius 1 is 1.44 bits per heavy atom. The van der Waals surface area contributed by atoms with Gasteiger partial charge in [0.15, 0.2) is 0 Å². The van der Waals surface area contributed by atoms with Gasteiger partial charge in [0.1, 0.15) is 12.4 Å². The molecule has 1 aromatic rings. The molecule has 1 rings (SSSR count). The summed E-state index contributed by atoms with van der Waals surface area (Å²) in [6, 6.07) is 7.88. The van der Waals surface area contributed by atoms with Crippen LogP contribution >= 0.6 is 0 Å². The topological polar surface area (TPSA) is 41.5 Å². The lowest BCUT2D eigenvalue weighted by Gasteiger charge is -2.29. The quantitative estimate of drug-likeness (QED) is 0.730. The van der Waals surface area contributed by atoms with Crippen molar-refractivity contribution in [3.05, 3.63) is 42.5 Å². The van der Waals surface area contributed by atoms with Gasteiger partial charge in [0.05, 0.1) is 6.10 Å². The largest absolute Gasteiger partial charge is 0.489 e. The Kier molecular flexibility index (Phi) is 5.38. The van der Waals surface area contributed by atoms with Gasteiger partial charge in [0.2, 0.25) is 0 Å². The van der Waals surface area contributed by atoms with Gasteiger partial charge in [-0.3, -0.25) is 0 Å². The van der Waals surface area contributed by atoms with Crippen molar-refractivity contribution in [3.63, 3.8) is 0 Å². The van der Waals surface area contributed by atoms with Crippen LogP contribution in [0, 0.1) is 0 Å². The predicted molar refractivity (Wildman–Crippen MR) is 74.7 cm³/mol. The van der Waals surface area contributed by atoms with Gasteiger partial charge in [-0.05, 0) is 26.8 Å². The minimum atomic E-state index is -0.418. The average Bonchev–Trinajstić information content (AvgIpc) is 2.34. The van der Waals surface area contributed by atoms with E-state index < -0.39 is 6.10 Å². The van der Waals surface area contributed by atoms with Crippen LogP contribution in [0.5, 0.6) is 5.75 Å². The molecule has 0 aromatic heterocycles. The summed E-state index contributed by atoms with van der Waals surface area (Å²) in [6.45, 7) is 10.5. The first-order chi connectivity index (χ1) is 8.47. The van der Waals surface area contributed by atoms with Crippen LogP contribution in [-0.2, 0) is 6.54 Å². The normalized spacial score (nSPS) is 13.1. The molecule has 0 radical (unpaired) electrons. The number of aliphatic hydroxyl groups is 1. The summed E-state index contributed by atoms with van der Waals surface area (Å²) in [5.41, 5.74) is 0.749. The van der Waals surface area contributed by atoms with Crippen LogP contribution in [0.25, 0.3) is 0 Å². The van der Waals surface area contributed by atoms with E-state index in [9.17, 15) is 5.11 Å². The molecular formula is C15H23NO2. The fourth-order valence-corrected chi connectivity index (χ4v) is 1.41. The Labute approximate surface area is 109 Å². The number of rotatable bonds is 7. The third kappa shape index (κ3) is 4.17. The molecule has 18 heavy (non-hydrogen) atoms. The second-order valence-corrected chi connectivity index (χ2v) is 4.96. The highest BCUT2D eigenvalue weighted by atomic mass is 16.5. The Hall–Kier alpha value is -1.32. The molecule has 0 spiro atoms. The van der Waals surface area contributed by atoms with E-state index in [1.807, 2.05) is 38.1 Å². The Morgan fingerprint density at radius 3 is 2.72 bits per heavy atom. The molecule has 0 bridgehead atoms. The van der Waals surface area contributed by atoms with Gasteiger partial charge in [-0.25, -0.2) is 0 Å². The van der Waals surface area contributed by atoms with E-state index >= 15 is 0 Å². The van der Waals surface area contributed by atoms with Crippen molar-refractivity contribution in [2.45, 2.75) is 39.0 Å². The van der Waals surface area contributed by atoms with Crippen molar-refractivity contribution in [2.75, 3.05) is 6.61 Å². The number of hydrogen-bond donors (Lipinski definition) is 2. The molecule has 0 saturated heterocycles. The van der Waals surface area contributed by atoms with Crippen molar-refractivity contribution in [2.24, 2.45) is 0 Å². The maximum atomic E-state index is 9.66. The molecular weight excluding hydrogens is 226 g/mol. The lowest BCUT2D eigenvalue weighted by atomic mass is 9.98. The third-order valence-corrected chi connectivity index (χ3v) is 3.11. The number of benzene rings is 1. The molecule has 1 aromatic carbocycles. The Bertz CT molecular complexity index is 386. The summed E-state index contributed by atoms with van der Waals surface area (Å²) in [6.07, 6.45) is 1.31. The third-order valence-electron chi connectivity index (χ3n) is 3.11.